The second kappa shape index (κ2) is 10.7. The smallest absolute Gasteiger partial charge is 0.273 e. The van der Waals surface area contributed by atoms with E-state index in [0.29, 0.717) is 38.2 Å². The van der Waals surface area contributed by atoms with Gasteiger partial charge in [-0.05, 0) is 38.5 Å². The maximum absolute atomic E-state index is 12.0. The zero-order valence-corrected chi connectivity index (χ0v) is 16.5. The van der Waals surface area contributed by atoms with Crippen LogP contribution in [0.4, 0.5) is 0 Å². The molecule has 1 aromatic heterocycles. The van der Waals surface area contributed by atoms with Crippen molar-refractivity contribution in [2.24, 2.45) is 0 Å². The molecular weight excluding hydrogens is 346 g/mol. The van der Waals surface area contributed by atoms with Crippen LogP contribution in [0.25, 0.3) is 0 Å². The molecule has 0 fully saturated rings. The van der Waals surface area contributed by atoms with E-state index < -0.39 is 0 Å². The first kappa shape index (κ1) is 20.9. The number of nitrogens with one attached hydrogen (secondary N) is 1. The van der Waals surface area contributed by atoms with Gasteiger partial charge in [0.2, 0.25) is 5.89 Å². The van der Waals surface area contributed by atoms with Crippen LogP contribution in [0.5, 0.6) is 5.75 Å². The molecule has 7 nitrogen and oxygen atoms in total. The van der Waals surface area contributed by atoms with E-state index in [2.05, 4.69) is 41.2 Å². The first-order valence-corrected chi connectivity index (χ1v) is 9.20. The van der Waals surface area contributed by atoms with E-state index in [1.54, 1.807) is 7.11 Å². The highest BCUT2D eigenvalue weighted by molar-refractivity contribution is 5.91. The molecule has 0 aliphatic carbocycles. The Morgan fingerprint density at radius 2 is 2.00 bits per heavy atom. The Bertz CT molecular complexity index is 698. The van der Waals surface area contributed by atoms with Gasteiger partial charge in [-0.25, -0.2) is 4.98 Å². The molecule has 0 saturated carbocycles. The highest BCUT2D eigenvalue weighted by atomic mass is 16.5. The maximum Gasteiger partial charge on any atom is 0.273 e. The van der Waals surface area contributed by atoms with Crippen LogP contribution < -0.4 is 10.1 Å². The van der Waals surface area contributed by atoms with E-state index in [1.165, 1.54) is 11.8 Å². The second-order valence-electron chi connectivity index (χ2n) is 6.45. The number of hydrogen-bond donors (Lipinski definition) is 1. The molecule has 1 amide bonds. The van der Waals surface area contributed by atoms with Gasteiger partial charge in [0, 0.05) is 26.2 Å². The molecule has 148 valence electrons. The number of aromatic nitrogens is 1. The van der Waals surface area contributed by atoms with Crippen LogP contribution in [0.2, 0.25) is 0 Å². The number of rotatable bonds is 11. The minimum atomic E-state index is -0.260. The molecule has 1 N–H and O–H groups in total. The topological polar surface area (TPSA) is 76.8 Å². The lowest BCUT2D eigenvalue weighted by molar-refractivity contribution is 0.0932. The van der Waals surface area contributed by atoms with Crippen LogP contribution >= 0.6 is 0 Å². The summed E-state index contributed by atoms with van der Waals surface area (Å²) in [5.74, 6) is 1.13. The van der Waals surface area contributed by atoms with E-state index in [-0.39, 0.29) is 11.6 Å². The maximum atomic E-state index is 12.0. The van der Waals surface area contributed by atoms with Gasteiger partial charge in [-0.3, -0.25) is 9.69 Å². The quantitative estimate of drug-likeness (QED) is 0.609. The molecule has 0 spiro atoms. The van der Waals surface area contributed by atoms with Crippen molar-refractivity contribution in [1.29, 1.82) is 0 Å². The van der Waals surface area contributed by atoms with Gasteiger partial charge in [0.15, 0.2) is 5.69 Å². The average Bonchev–Trinajstić information content (AvgIpc) is 3.12. The van der Waals surface area contributed by atoms with E-state index in [9.17, 15) is 4.79 Å². The largest absolute Gasteiger partial charge is 0.494 e. The van der Waals surface area contributed by atoms with Gasteiger partial charge in [0.25, 0.3) is 5.91 Å². The summed E-state index contributed by atoms with van der Waals surface area (Å²) in [6.45, 7) is 9.04. The van der Waals surface area contributed by atoms with Crippen molar-refractivity contribution in [3.05, 3.63) is 47.7 Å². The zero-order valence-electron chi connectivity index (χ0n) is 16.5. The van der Waals surface area contributed by atoms with Gasteiger partial charge in [-0.2, -0.15) is 0 Å². The summed E-state index contributed by atoms with van der Waals surface area (Å²) in [6, 6.07) is 8.37. The fourth-order valence-corrected chi connectivity index (χ4v) is 2.53. The normalized spacial score (nSPS) is 11.2. The van der Waals surface area contributed by atoms with Crippen molar-refractivity contribution in [2.45, 2.75) is 39.9 Å². The summed E-state index contributed by atoms with van der Waals surface area (Å²) in [4.78, 5) is 18.6. The van der Waals surface area contributed by atoms with Crippen LogP contribution in [-0.2, 0) is 17.8 Å². The lowest BCUT2D eigenvalue weighted by Crippen LogP contribution is -2.30. The highest BCUT2D eigenvalue weighted by Gasteiger charge is 2.17. The lowest BCUT2D eigenvalue weighted by Gasteiger charge is -2.25. The first-order chi connectivity index (χ1) is 13.0. The zero-order chi connectivity index (χ0) is 19.6. The van der Waals surface area contributed by atoms with Gasteiger partial charge in [-0.15, -0.1) is 0 Å². The number of hydrogen-bond acceptors (Lipinski definition) is 6. The Hall–Kier alpha value is -2.38. The van der Waals surface area contributed by atoms with Gasteiger partial charge in [0.05, 0.1) is 19.8 Å². The fraction of sp³-hybridized carbons (Fsp3) is 0.500. The molecule has 0 bridgehead atoms. The van der Waals surface area contributed by atoms with E-state index in [0.717, 1.165) is 12.3 Å². The fourth-order valence-electron chi connectivity index (χ4n) is 2.53. The SMILES string of the molecule is CCOc1ccc(CN(Cc2nc(C(=O)NCCOC)co2)C(C)C)cc1. The van der Waals surface area contributed by atoms with Gasteiger partial charge in [-0.1, -0.05) is 12.1 Å². The molecule has 0 unspecified atom stereocenters. The Morgan fingerprint density at radius 3 is 2.63 bits per heavy atom. The minimum absolute atomic E-state index is 0.260. The van der Waals surface area contributed by atoms with Crippen molar-refractivity contribution in [2.75, 3.05) is 26.9 Å². The third-order valence-electron chi connectivity index (χ3n) is 4.06. The number of methoxy groups -OCH3 is 1. The summed E-state index contributed by atoms with van der Waals surface area (Å²) in [5, 5.41) is 2.73. The summed E-state index contributed by atoms with van der Waals surface area (Å²) in [5.41, 5.74) is 1.46. The minimum Gasteiger partial charge on any atom is -0.494 e. The average molecular weight is 375 g/mol. The number of ether oxygens (including phenoxy) is 2. The predicted octanol–water partition coefficient (Wildman–Crippen LogP) is 2.86. The Morgan fingerprint density at radius 1 is 1.26 bits per heavy atom. The van der Waals surface area contributed by atoms with Crippen LogP contribution in [0.3, 0.4) is 0 Å². The van der Waals surface area contributed by atoms with E-state index in [1.807, 2.05) is 19.1 Å². The van der Waals surface area contributed by atoms with Crippen molar-refractivity contribution in [3.8, 4) is 5.75 Å². The predicted molar refractivity (Wildman–Crippen MR) is 103 cm³/mol. The van der Waals surface area contributed by atoms with E-state index in [4.69, 9.17) is 13.9 Å². The number of carbonyl (C=O) groups excluding carboxylic acids is 1. The number of amides is 1. The van der Waals surface area contributed by atoms with Crippen molar-refractivity contribution in [3.63, 3.8) is 0 Å². The Kier molecular flexibility index (Phi) is 8.29. The molecule has 0 radical (unpaired) electrons. The van der Waals surface area contributed by atoms with Crippen LogP contribution in [0.1, 0.15) is 42.7 Å². The molecule has 0 saturated heterocycles. The van der Waals surface area contributed by atoms with Gasteiger partial charge >= 0.3 is 0 Å². The number of benzene rings is 1. The molecule has 2 rings (SSSR count). The standard InChI is InChI=1S/C20H29N3O4/c1-5-26-17-8-6-16(7-9-17)12-23(15(2)3)13-19-22-18(14-27-19)20(24)21-10-11-25-4/h6-9,14-15H,5,10-13H2,1-4H3,(H,21,24). The molecule has 0 atom stereocenters. The summed E-state index contributed by atoms with van der Waals surface area (Å²) in [7, 11) is 1.59. The summed E-state index contributed by atoms with van der Waals surface area (Å²) < 4.78 is 15.9. The molecule has 0 aliphatic rings. The molecular formula is C20H29N3O4. The molecule has 2 aromatic rings. The lowest BCUT2D eigenvalue weighted by atomic mass is 10.2. The summed E-state index contributed by atoms with van der Waals surface area (Å²) in [6.07, 6.45) is 1.40. The summed E-state index contributed by atoms with van der Waals surface area (Å²) >= 11 is 0. The molecule has 7 heteroatoms. The number of carbonyl (C=O) groups is 1. The second-order valence-corrected chi connectivity index (χ2v) is 6.45. The van der Waals surface area contributed by atoms with Crippen molar-refractivity contribution >= 4 is 5.91 Å². The van der Waals surface area contributed by atoms with Crippen LogP contribution in [-0.4, -0.2) is 48.7 Å². The van der Waals surface area contributed by atoms with Crippen molar-refractivity contribution in [1.82, 2.24) is 15.2 Å². The Labute approximate surface area is 160 Å². The monoisotopic (exact) mass is 375 g/mol. The highest BCUT2D eigenvalue weighted by Crippen LogP contribution is 2.17. The first-order valence-electron chi connectivity index (χ1n) is 9.20. The van der Waals surface area contributed by atoms with Crippen molar-refractivity contribution < 1.29 is 18.7 Å². The molecule has 1 aromatic carbocycles. The van der Waals surface area contributed by atoms with Crippen LogP contribution in [0, 0.1) is 0 Å². The van der Waals surface area contributed by atoms with E-state index >= 15 is 0 Å². The van der Waals surface area contributed by atoms with Gasteiger partial charge in [0.1, 0.15) is 12.0 Å². The third kappa shape index (κ3) is 6.69. The third-order valence-corrected chi connectivity index (χ3v) is 4.06. The Balaban J connectivity index is 1.96. The molecule has 27 heavy (non-hydrogen) atoms. The molecule has 0 aliphatic heterocycles. The van der Waals surface area contributed by atoms with Crippen LogP contribution in [0.15, 0.2) is 34.9 Å². The molecule has 1 heterocycles. The number of oxazole rings is 1. The van der Waals surface area contributed by atoms with Gasteiger partial charge < -0.3 is 19.2 Å². The number of nitrogens with zero attached hydrogens (tertiary/aromatic N) is 2.